The largest absolute Gasteiger partial charge is 0.480 e. The maximum absolute atomic E-state index is 10.1. The van der Waals surface area contributed by atoms with E-state index in [4.69, 9.17) is 5.11 Å². The smallest absolute Gasteiger partial charge is 0.317 e. The maximum atomic E-state index is 10.1. The summed E-state index contributed by atoms with van der Waals surface area (Å²) in [7, 11) is 0. The summed E-state index contributed by atoms with van der Waals surface area (Å²) in [5.41, 5.74) is 0. The second-order valence-electron chi connectivity index (χ2n) is 1.46. The van der Waals surface area contributed by atoms with Crippen LogP contribution in [-0.2, 0) is 9.59 Å². The van der Waals surface area contributed by atoms with Crippen LogP contribution >= 0.6 is 11.8 Å². The standard InChI is InChI=1S/C5H8O3S/c1-9-4(2-3-6)5(7)8/h3-4H,2H2,1H3,(H,7,8). The van der Waals surface area contributed by atoms with Crippen molar-refractivity contribution in [2.75, 3.05) is 6.26 Å². The summed E-state index contributed by atoms with van der Waals surface area (Å²) in [5, 5.41) is 7.76. The number of carbonyl (C=O) groups excluding carboxylic acids is 1. The molecule has 0 aliphatic carbocycles. The van der Waals surface area contributed by atoms with Crippen LogP contribution in [0, 0.1) is 0 Å². The van der Waals surface area contributed by atoms with Gasteiger partial charge in [-0.05, 0) is 6.26 Å². The van der Waals surface area contributed by atoms with E-state index in [-0.39, 0.29) is 6.42 Å². The van der Waals surface area contributed by atoms with Gasteiger partial charge in [0.2, 0.25) is 0 Å². The van der Waals surface area contributed by atoms with Crippen LogP contribution in [0.5, 0.6) is 0 Å². The van der Waals surface area contributed by atoms with E-state index in [1.54, 1.807) is 6.26 Å². The number of carboxylic acid groups (broad SMARTS) is 1. The molecule has 0 aromatic heterocycles. The number of aliphatic carboxylic acids is 1. The fourth-order valence-corrected chi connectivity index (χ4v) is 0.858. The van der Waals surface area contributed by atoms with Crippen LogP contribution in [-0.4, -0.2) is 28.9 Å². The maximum Gasteiger partial charge on any atom is 0.317 e. The SMILES string of the molecule is CSC(CC=O)C(=O)O. The zero-order chi connectivity index (χ0) is 7.28. The van der Waals surface area contributed by atoms with Crippen LogP contribution in [0.25, 0.3) is 0 Å². The van der Waals surface area contributed by atoms with Crippen molar-refractivity contribution in [1.29, 1.82) is 0 Å². The van der Waals surface area contributed by atoms with Gasteiger partial charge in [0.05, 0.1) is 0 Å². The number of carboxylic acids is 1. The van der Waals surface area contributed by atoms with Gasteiger partial charge in [0.15, 0.2) is 0 Å². The number of hydrogen-bond donors (Lipinski definition) is 1. The van der Waals surface area contributed by atoms with E-state index in [0.29, 0.717) is 6.29 Å². The number of hydrogen-bond acceptors (Lipinski definition) is 3. The lowest BCUT2D eigenvalue weighted by atomic mass is 10.3. The van der Waals surface area contributed by atoms with Crippen molar-refractivity contribution in [1.82, 2.24) is 0 Å². The van der Waals surface area contributed by atoms with Gasteiger partial charge in [-0.2, -0.15) is 0 Å². The van der Waals surface area contributed by atoms with E-state index >= 15 is 0 Å². The predicted octanol–water partition coefficient (Wildman–Crippen LogP) is 0.392. The number of carbonyl (C=O) groups is 2. The number of aldehydes is 1. The van der Waals surface area contributed by atoms with Crippen LogP contribution < -0.4 is 0 Å². The molecule has 0 aromatic carbocycles. The minimum Gasteiger partial charge on any atom is -0.480 e. The van der Waals surface area contributed by atoms with Crippen LogP contribution in [0.3, 0.4) is 0 Å². The van der Waals surface area contributed by atoms with Gasteiger partial charge < -0.3 is 9.90 Å². The summed E-state index contributed by atoms with van der Waals surface area (Å²) in [6.45, 7) is 0. The molecule has 1 unspecified atom stereocenters. The zero-order valence-electron chi connectivity index (χ0n) is 5.03. The Bertz CT molecular complexity index is 113. The van der Waals surface area contributed by atoms with Gasteiger partial charge in [0.1, 0.15) is 11.5 Å². The fourth-order valence-electron chi connectivity index (χ4n) is 0.385. The first-order valence-electron chi connectivity index (χ1n) is 2.41. The van der Waals surface area contributed by atoms with E-state index in [2.05, 4.69) is 0 Å². The predicted molar refractivity (Wildman–Crippen MR) is 35.6 cm³/mol. The van der Waals surface area contributed by atoms with Gasteiger partial charge in [-0.15, -0.1) is 11.8 Å². The first kappa shape index (κ1) is 8.49. The van der Waals surface area contributed by atoms with Crippen LogP contribution in [0.4, 0.5) is 0 Å². The molecule has 1 atom stereocenters. The lowest BCUT2D eigenvalue weighted by Crippen LogP contribution is -2.15. The lowest BCUT2D eigenvalue weighted by Gasteiger charge is -2.01. The van der Waals surface area contributed by atoms with E-state index in [1.165, 1.54) is 11.8 Å². The highest BCUT2D eigenvalue weighted by Gasteiger charge is 2.13. The molecule has 0 aliphatic rings. The van der Waals surface area contributed by atoms with E-state index < -0.39 is 11.2 Å². The summed E-state index contributed by atoms with van der Waals surface area (Å²) >= 11 is 1.17. The highest BCUT2D eigenvalue weighted by molar-refractivity contribution is 7.99. The molecule has 0 amide bonds. The van der Waals surface area contributed by atoms with E-state index in [9.17, 15) is 9.59 Å². The Morgan fingerprint density at radius 2 is 2.44 bits per heavy atom. The Balaban J connectivity index is 3.67. The Hall–Kier alpha value is -0.510. The van der Waals surface area contributed by atoms with Crippen molar-refractivity contribution >= 4 is 24.0 Å². The highest BCUT2D eigenvalue weighted by atomic mass is 32.2. The third kappa shape index (κ3) is 3.13. The first-order valence-corrected chi connectivity index (χ1v) is 3.70. The molecule has 0 aromatic rings. The minimum absolute atomic E-state index is 0.0938. The van der Waals surface area contributed by atoms with Gasteiger partial charge in [0, 0.05) is 6.42 Å². The summed E-state index contributed by atoms with van der Waals surface area (Å²) in [5.74, 6) is -0.922. The third-order valence-electron chi connectivity index (χ3n) is 0.870. The van der Waals surface area contributed by atoms with Crippen molar-refractivity contribution in [3.63, 3.8) is 0 Å². The van der Waals surface area contributed by atoms with E-state index in [0.717, 1.165) is 0 Å². The van der Waals surface area contributed by atoms with Crippen molar-refractivity contribution in [3.05, 3.63) is 0 Å². The summed E-state index contributed by atoms with van der Waals surface area (Å²) in [6.07, 6.45) is 2.38. The molecule has 0 spiro atoms. The normalized spacial score (nSPS) is 12.6. The Labute approximate surface area is 57.4 Å². The van der Waals surface area contributed by atoms with Crippen molar-refractivity contribution in [2.45, 2.75) is 11.7 Å². The highest BCUT2D eigenvalue weighted by Crippen LogP contribution is 2.08. The number of rotatable bonds is 4. The fraction of sp³-hybridized carbons (Fsp3) is 0.600. The Morgan fingerprint density at radius 1 is 1.89 bits per heavy atom. The molecule has 0 aliphatic heterocycles. The molecule has 1 N–H and O–H groups in total. The average Bonchev–Trinajstić information content (AvgIpc) is 1.82. The van der Waals surface area contributed by atoms with Gasteiger partial charge in [-0.25, -0.2) is 0 Å². The first-order chi connectivity index (χ1) is 4.22. The van der Waals surface area contributed by atoms with Gasteiger partial charge in [0.25, 0.3) is 0 Å². The minimum atomic E-state index is -0.922. The van der Waals surface area contributed by atoms with Gasteiger partial charge in [-0.1, -0.05) is 0 Å². The Morgan fingerprint density at radius 3 is 2.56 bits per heavy atom. The summed E-state index contributed by atoms with van der Waals surface area (Å²) < 4.78 is 0. The second-order valence-corrected chi connectivity index (χ2v) is 2.51. The van der Waals surface area contributed by atoms with Crippen molar-refractivity contribution in [2.24, 2.45) is 0 Å². The molecule has 0 rings (SSSR count). The summed E-state index contributed by atoms with van der Waals surface area (Å²) in [4.78, 5) is 19.9. The quantitative estimate of drug-likeness (QED) is 0.586. The molecule has 0 heterocycles. The van der Waals surface area contributed by atoms with Crippen LogP contribution in [0.1, 0.15) is 6.42 Å². The van der Waals surface area contributed by atoms with Crippen molar-refractivity contribution < 1.29 is 14.7 Å². The molecule has 9 heavy (non-hydrogen) atoms. The molecule has 4 heteroatoms. The number of thioether (sulfide) groups is 1. The van der Waals surface area contributed by atoms with Gasteiger partial charge in [-0.3, -0.25) is 4.79 Å². The lowest BCUT2D eigenvalue weighted by molar-refractivity contribution is -0.137. The molecule has 0 saturated heterocycles. The average molecular weight is 148 g/mol. The zero-order valence-corrected chi connectivity index (χ0v) is 5.85. The van der Waals surface area contributed by atoms with Gasteiger partial charge >= 0.3 is 5.97 Å². The molecular weight excluding hydrogens is 140 g/mol. The van der Waals surface area contributed by atoms with Crippen LogP contribution in [0.2, 0.25) is 0 Å². The monoisotopic (exact) mass is 148 g/mol. The topological polar surface area (TPSA) is 54.4 Å². The molecular formula is C5H8O3S. The Kier molecular flexibility index (Phi) is 4.13. The molecule has 0 bridgehead atoms. The molecule has 3 nitrogen and oxygen atoms in total. The van der Waals surface area contributed by atoms with E-state index in [1.807, 2.05) is 0 Å². The second kappa shape index (κ2) is 4.38. The molecule has 0 radical (unpaired) electrons. The molecule has 0 saturated carbocycles. The molecule has 52 valence electrons. The summed E-state index contributed by atoms with van der Waals surface area (Å²) in [6, 6.07) is 0. The van der Waals surface area contributed by atoms with Crippen molar-refractivity contribution in [3.8, 4) is 0 Å². The van der Waals surface area contributed by atoms with Crippen LogP contribution in [0.15, 0.2) is 0 Å². The third-order valence-corrected chi connectivity index (χ3v) is 1.83. The molecule has 0 fully saturated rings.